The molecule has 26 heavy (non-hydrogen) atoms. The molecule has 0 aliphatic carbocycles. The number of hydrogen-bond acceptors (Lipinski definition) is 5. The van der Waals surface area contributed by atoms with Crippen molar-refractivity contribution in [1.82, 2.24) is 4.98 Å². The zero-order chi connectivity index (χ0) is 18.7. The highest BCUT2D eigenvalue weighted by atomic mass is 16.4. The van der Waals surface area contributed by atoms with Crippen LogP contribution in [0.3, 0.4) is 0 Å². The van der Waals surface area contributed by atoms with Crippen LogP contribution >= 0.6 is 0 Å². The number of fused-ring (bicyclic) bond motifs is 1. The molecule has 2 aromatic carbocycles. The number of nitrogens with zero attached hydrogens (tertiary/aromatic N) is 2. The Morgan fingerprint density at radius 2 is 1.85 bits per heavy atom. The monoisotopic (exact) mass is 349 g/mol. The van der Waals surface area contributed by atoms with Crippen LogP contribution in [0.15, 0.2) is 51.7 Å². The van der Waals surface area contributed by atoms with Crippen LogP contribution in [-0.4, -0.2) is 25.0 Å². The molecule has 0 unspecified atom stereocenters. The average molecular weight is 349 g/mol. The fraction of sp³-hybridized carbons (Fsp3) is 0.150. The van der Waals surface area contributed by atoms with Crippen molar-refractivity contribution in [3.63, 3.8) is 0 Å². The maximum Gasteiger partial charge on any atom is 0.362 e. The van der Waals surface area contributed by atoms with Gasteiger partial charge in [-0.2, -0.15) is 0 Å². The van der Waals surface area contributed by atoms with Crippen molar-refractivity contribution in [3.05, 3.63) is 64.1 Å². The van der Waals surface area contributed by atoms with Gasteiger partial charge in [0.05, 0.1) is 0 Å². The first-order chi connectivity index (χ1) is 12.4. The molecular weight excluding hydrogens is 330 g/mol. The summed E-state index contributed by atoms with van der Waals surface area (Å²) in [6.45, 7) is 1.41. The van der Waals surface area contributed by atoms with Gasteiger partial charge in [-0.25, -0.2) is 9.78 Å². The summed E-state index contributed by atoms with van der Waals surface area (Å²) >= 11 is 0. The fourth-order valence-electron chi connectivity index (χ4n) is 2.46. The Morgan fingerprint density at radius 1 is 1.12 bits per heavy atom. The van der Waals surface area contributed by atoms with E-state index in [-0.39, 0.29) is 11.6 Å². The Bertz CT molecular complexity index is 1030. The third kappa shape index (κ3) is 3.97. The molecule has 132 valence electrons. The number of carbonyl (C=O) groups excluding carboxylic acids is 1. The minimum Gasteiger partial charge on any atom is -0.419 e. The summed E-state index contributed by atoms with van der Waals surface area (Å²) in [6, 6.07) is 12.9. The summed E-state index contributed by atoms with van der Waals surface area (Å²) in [6.07, 6.45) is 3.45. The zero-order valence-electron chi connectivity index (χ0n) is 14.8. The van der Waals surface area contributed by atoms with Crippen LogP contribution in [0.5, 0.6) is 0 Å². The molecular formula is C20H19N3O3. The van der Waals surface area contributed by atoms with Gasteiger partial charge in [-0.15, -0.1) is 0 Å². The lowest BCUT2D eigenvalue weighted by molar-refractivity contribution is -0.114. The molecule has 6 nitrogen and oxygen atoms in total. The molecule has 0 spiro atoms. The smallest absolute Gasteiger partial charge is 0.362 e. The van der Waals surface area contributed by atoms with Gasteiger partial charge in [-0.1, -0.05) is 18.2 Å². The van der Waals surface area contributed by atoms with Gasteiger partial charge in [-0.3, -0.25) is 4.79 Å². The SMILES string of the molecule is CC(=O)Nc1ccc2nc(/C=C\c3ccc(N(C)C)cc3)c(=O)oc2c1. The molecule has 0 aliphatic heterocycles. The largest absolute Gasteiger partial charge is 0.419 e. The number of hydrogen-bond donors (Lipinski definition) is 1. The molecule has 6 heteroatoms. The van der Waals surface area contributed by atoms with E-state index in [4.69, 9.17) is 4.42 Å². The van der Waals surface area contributed by atoms with Crippen LogP contribution in [0, 0.1) is 0 Å². The maximum atomic E-state index is 12.2. The maximum absolute atomic E-state index is 12.2. The summed E-state index contributed by atoms with van der Waals surface area (Å²) in [4.78, 5) is 29.6. The van der Waals surface area contributed by atoms with Crippen LogP contribution in [0.2, 0.25) is 0 Å². The predicted molar refractivity (Wildman–Crippen MR) is 104 cm³/mol. The Kier molecular flexibility index (Phi) is 4.84. The van der Waals surface area contributed by atoms with E-state index < -0.39 is 5.63 Å². The van der Waals surface area contributed by atoms with E-state index in [0.29, 0.717) is 16.8 Å². The molecule has 1 N–H and O–H groups in total. The summed E-state index contributed by atoms with van der Waals surface area (Å²) in [5.41, 5.74) is 3.17. The zero-order valence-corrected chi connectivity index (χ0v) is 14.8. The molecule has 0 radical (unpaired) electrons. The van der Waals surface area contributed by atoms with Gasteiger partial charge in [0.1, 0.15) is 11.2 Å². The first-order valence-corrected chi connectivity index (χ1v) is 8.10. The second kappa shape index (κ2) is 7.23. The van der Waals surface area contributed by atoms with Gasteiger partial charge in [0, 0.05) is 38.5 Å². The summed E-state index contributed by atoms with van der Waals surface area (Å²) in [7, 11) is 3.96. The number of rotatable bonds is 4. The lowest BCUT2D eigenvalue weighted by atomic mass is 10.2. The van der Waals surface area contributed by atoms with Crippen molar-refractivity contribution in [1.29, 1.82) is 0 Å². The molecule has 3 aromatic rings. The Hall–Kier alpha value is -3.41. The van der Waals surface area contributed by atoms with Gasteiger partial charge < -0.3 is 14.6 Å². The molecule has 0 saturated heterocycles. The number of nitrogens with one attached hydrogen (secondary N) is 1. The summed E-state index contributed by atoms with van der Waals surface area (Å²) in [5.74, 6) is -0.195. The van der Waals surface area contributed by atoms with Crippen molar-refractivity contribution in [3.8, 4) is 0 Å². The second-order valence-corrected chi connectivity index (χ2v) is 6.07. The van der Waals surface area contributed by atoms with Gasteiger partial charge >= 0.3 is 5.63 Å². The third-order valence-corrected chi connectivity index (χ3v) is 3.78. The summed E-state index contributed by atoms with van der Waals surface area (Å²) in [5, 5.41) is 2.64. The fourth-order valence-corrected chi connectivity index (χ4v) is 2.46. The van der Waals surface area contributed by atoms with Gasteiger partial charge in [0.15, 0.2) is 5.58 Å². The van der Waals surface area contributed by atoms with Gasteiger partial charge in [-0.05, 0) is 35.9 Å². The Morgan fingerprint density at radius 3 is 2.50 bits per heavy atom. The van der Waals surface area contributed by atoms with E-state index in [0.717, 1.165) is 11.3 Å². The van der Waals surface area contributed by atoms with Crippen LogP contribution in [0.4, 0.5) is 11.4 Å². The Labute approximate surface area is 150 Å². The highest BCUT2D eigenvalue weighted by Crippen LogP contribution is 2.18. The molecule has 1 amide bonds. The highest BCUT2D eigenvalue weighted by Gasteiger charge is 2.06. The first kappa shape index (κ1) is 17.4. The lowest BCUT2D eigenvalue weighted by Gasteiger charge is -2.11. The minimum atomic E-state index is -0.529. The van der Waals surface area contributed by atoms with E-state index in [2.05, 4.69) is 10.3 Å². The molecule has 0 atom stereocenters. The van der Waals surface area contributed by atoms with Crippen molar-refractivity contribution in [2.45, 2.75) is 6.92 Å². The Balaban J connectivity index is 1.89. The first-order valence-electron chi connectivity index (χ1n) is 8.10. The predicted octanol–water partition coefficient (Wildman–Crippen LogP) is 3.38. The third-order valence-electron chi connectivity index (χ3n) is 3.78. The number of benzene rings is 2. The van der Waals surface area contributed by atoms with Crippen molar-refractivity contribution < 1.29 is 9.21 Å². The van der Waals surface area contributed by atoms with Gasteiger partial charge in [0.2, 0.25) is 5.91 Å². The molecule has 1 aromatic heterocycles. The quantitative estimate of drug-likeness (QED) is 0.781. The average Bonchev–Trinajstić information content (AvgIpc) is 2.59. The van der Waals surface area contributed by atoms with Crippen LogP contribution in [0.25, 0.3) is 23.3 Å². The molecule has 0 saturated carbocycles. The summed E-state index contributed by atoms with van der Waals surface area (Å²) < 4.78 is 5.33. The van der Waals surface area contributed by atoms with Crippen LogP contribution < -0.4 is 15.8 Å². The van der Waals surface area contributed by atoms with E-state index >= 15 is 0 Å². The number of amides is 1. The topological polar surface area (TPSA) is 75.4 Å². The minimum absolute atomic E-state index is 0.195. The standard InChI is InChI=1S/C20H19N3O3/c1-13(24)21-15-7-11-17-19(12-15)26-20(25)18(22-17)10-6-14-4-8-16(9-5-14)23(2)3/h4-12H,1-3H3,(H,21,24)/b10-6-. The second-order valence-electron chi connectivity index (χ2n) is 6.07. The van der Waals surface area contributed by atoms with E-state index in [1.807, 2.05) is 49.3 Å². The van der Waals surface area contributed by atoms with Crippen LogP contribution in [0.1, 0.15) is 18.2 Å². The molecule has 1 heterocycles. The molecule has 0 aliphatic rings. The van der Waals surface area contributed by atoms with E-state index in [1.54, 1.807) is 24.3 Å². The van der Waals surface area contributed by atoms with Crippen molar-refractivity contribution >= 4 is 40.5 Å². The van der Waals surface area contributed by atoms with Gasteiger partial charge in [0.25, 0.3) is 0 Å². The van der Waals surface area contributed by atoms with Crippen LogP contribution in [-0.2, 0) is 4.79 Å². The number of aromatic nitrogens is 1. The highest BCUT2D eigenvalue weighted by molar-refractivity contribution is 5.91. The van der Waals surface area contributed by atoms with E-state index in [1.165, 1.54) is 6.92 Å². The lowest BCUT2D eigenvalue weighted by Crippen LogP contribution is -2.08. The van der Waals surface area contributed by atoms with Crippen molar-refractivity contribution in [2.75, 3.05) is 24.3 Å². The van der Waals surface area contributed by atoms with Crippen molar-refractivity contribution in [2.24, 2.45) is 0 Å². The number of anilines is 2. The number of carbonyl (C=O) groups is 1. The normalized spacial score (nSPS) is 11.0. The van der Waals surface area contributed by atoms with E-state index in [9.17, 15) is 9.59 Å². The molecule has 0 fully saturated rings. The molecule has 3 rings (SSSR count). The molecule has 0 bridgehead atoms.